The number of benzene rings is 2. The molecule has 0 fully saturated rings. The van der Waals surface area contributed by atoms with Gasteiger partial charge >= 0.3 is 0 Å². The third-order valence-electron chi connectivity index (χ3n) is 3.63. The number of pyridine rings is 1. The maximum Gasteiger partial charge on any atom is 0.280 e. The molecule has 0 amide bonds. The Hall–Kier alpha value is -2.37. The molecule has 0 bridgehead atoms. The first-order valence-electron chi connectivity index (χ1n) is 6.69. The lowest BCUT2D eigenvalue weighted by Crippen LogP contribution is -2.14. The van der Waals surface area contributed by atoms with Crippen LogP contribution in [-0.2, 0) is 0 Å². The van der Waals surface area contributed by atoms with E-state index in [2.05, 4.69) is 10.1 Å². The van der Waals surface area contributed by atoms with E-state index >= 15 is 0 Å². The Balaban J connectivity index is 2.09. The molecule has 0 aliphatic carbocycles. The van der Waals surface area contributed by atoms with E-state index < -0.39 is 0 Å². The van der Waals surface area contributed by atoms with Crippen molar-refractivity contribution in [3.8, 4) is 5.69 Å². The van der Waals surface area contributed by atoms with E-state index in [9.17, 15) is 9.18 Å². The third kappa shape index (κ3) is 2.20. The van der Waals surface area contributed by atoms with Gasteiger partial charge in [0.05, 0.1) is 27.1 Å². The first kappa shape index (κ1) is 14.2. The average molecular weight is 348 g/mol. The summed E-state index contributed by atoms with van der Waals surface area (Å²) in [4.78, 5) is 16.8. The van der Waals surface area contributed by atoms with Crippen molar-refractivity contribution >= 4 is 45.0 Å². The van der Waals surface area contributed by atoms with Crippen LogP contribution in [0.15, 0.2) is 47.4 Å². The molecule has 0 spiro atoms. The van der Waals surface area contributed by atoms with Gasteiger partial charge in [0.25, 0.3) is 5.56 Å². The number of rotatable bonds is 1. The predicted octanol–water partition coefficient (Wildman–Crippen LogP) is 4.31. The number of fused-ring (bicyclic) bond motifs is 3. The van der Waals surface area contributed by atoms with Crippen LogP contribution in [0.2, 0.25) is 10.0 Å². The lowest BCUT2D eigenvalue weighted by atomic mass is 10.2. The SMILES string of the molecule is O=c1c2cnc3cc(Cl)cc(Cl)c3c2[nH]n1-c1ccc(F)cc1. The number of halogens is 3. The molecule has 0 saturated carbocycles. The van der Waals surface area contributed by atoms with Crippen LogP contribution in [0.25, 0.3) is 27.5 Å². The number of nitrogens with one attached hydrogen (secondary N) is 1. The van der Waals surface area contributed by atoms with Gasteiger partial charge in [-0.05, 0) is 36.4 Å². The molecule has 0 aliphatic heterocycles. The van der Waals surface area contributed by atoms with Crippen LogP contribution in [0.4, 0.5) is 4.39 Å². The molecule has 2 aromatic carbocycles. The maximum absolute atomic E-state index is 13.1. The van der Waals surface area contributed by atoms with Crippen LogP contribution < -0.4 is 5.56 Å². The van der Waals surface area contributed by atoms with Crippen molar-refractivity contribution in [2.75, 3.05) is 0 Å². The van der Waals surface area contributed by atoms with Gasteiger partial charge in [-0.3, -0.25) is 14.9 Å². The summed E-state index contributed by atoms with van der Waals surface area (Å²) in [7, 11) is 0. The van der Waals surface area contributed by atoms with Crippen molar-refractivity contribution in [1.82, 2.24) is 14.8 Å². The van der Waals surface area contributed by atoms with Gasteiger partial charge in [-0.1, -0.05) is 23.2 Å². The zero-order valence-corrected chi connectivity index (χ0v) is 13.0. The number of H-pyrrole nitrogens is 1. The minimum Gasteiger partial charge on any atom is -0.289 e. The van der Waals surface area contributed by atoms with E-state index in [1.54, 1.807) is 12.1 Å². The highest BCUT2D eigenvalue weighted by atomic mass is 35.5. The summed E-state index contributed by atoms with van der Waals surface area (Å²) >= 11 is 12.2. The molecule has 23 heavy (non-hydrogen) atoms. The lowest BCUT2D eigenvalue weighted by Gasteiger charge is -2.02. The summed E-state index contributed by atoms with van der Waals surface area (Å²) in [6.45, 7) is 0. The Morgan fingerprint density at radius 2 is 1.87 bits per heavy atom. The highest BCUT2D eigenvalue weighted by Crippen LogP contribution is 2.31. The van der Waals surface area contributed by atoms with E-state index in [0.717, 1.165) is 0 Å². The second kappa shape index (κ2) is 5.08. The molecule has 114 valence electrons. The van der Waals surface area contributed by atoms with Gasteiger partial charge in [-0.2, -0.15) is 0 Å². The molecular formula is C16H8Cl2FN3O. The fraction of sp³-hybridized carbons (Fsp3) is 0. The molecule has 2 aromatic heterocycles. The fourth-order valence-corrected chi connectivity index (χ4v) is 3.15. The largest absolute Gasteiger partial charge is 0.289 e. The van der Waals surface area contributed by atoms with Gasteiger partial charge in [0.15, 0.2) is 0 Å². The number of hydrogen-bond donors (Lipinski definition) is 1. The molecule has 7 heteroatoms. The van der Waals surface area contributed by atoms with Crippen LogP contribution in [-0.4, -0.2) is 14.8 Å². The van der Waals surface area contributed by atoms with Gasteiger partial charge in [0.2, 0.25) is 0 Å². The Kier molecular flexibility index (Phi) is 3.14. The fourth-order valence-electron chi connectivity index (χ4n) is 2.58. The summed E-state index contributed by atoms with van der Waals surface area (Å²) in [5.74, 6) is -0.372. The first-order chi connectivity index (χ1) is 11.0. The normalized spacial score (nSPS) is 11.4. The summed E-state index contributed by atoms with van der Waals surface area (Å²) in [6, 6.07) is 8.88. The van der Waals surface area contributed by atoms with Crippen molar-refractivity contribution < 1.29 is 4.39 Å². The minimum absolute atomic E-state index is 0.285. The number of hydrogen-bond acceptors (Lipinski definition) is 2. The minimum atomic E-state index is -0.372. The second-order valence-electron chi connectivity index (χ2n) is 5.06. The van der Waals surface area contributed by atoms with Gasteiger partial charge in [-0.15, -0.1) is 0 Å². The van der Waals surface area contributed by atoms with Crippen LogP contribution in [0.3, 0.4) is 0 Å². The maximum atomic E-state index is 13.1. The zero-order chi connectivity index (χ0) is 16.1. The molecule has 2 heterocycles. The topological polar surface area (TPSA) is 50.7 Å². The number of nitrogens with zero attached hydrogens (tertiary/aromatic N) is 2. The zero-order valence-electron chi connectivity index (χ0n) is 11.5. The summed E-state index contributed by atoms with van der Waals surface area (Å²) in [6.07, 6.45) is 1.48. The van der Waals surface area contributed by atoms with Crippen LogP contribution >= 0.6 is 23.2 Å². The highest BCUT2D eigenvalue weighted by Gasteiger charge is 2.14. The quantitative estimate of drug-likeness (QED) is 0.557. The Morgan fingerprint density at radius 3 is 2.61 bits per heavy atom. The Morgan fingerprint density at radius 1 is 1.13 bits per heavy atom. The van der Waals surface area contributed by atoms with Gasteiger partial charge in [0.1, 0.15) is 5.82 Å². The van der Waals surface area contributed by atoms with E-state index in [-0.39, 0.29) is 11.4 Å². The van der Waals surface area contributed by atoms with Crippen molar-refractivity contribution in [1.29, 1.82) is 0 Å². The van der Waals surface area contributed by atoms with Gasteiger partial charge < -0.3 is 0 Å². The van der Waals surface area contributed by atoms with Crippen molar-refractivity contribution in [2.24, 2.45) is 0 Å². The van der Waals surface area contributed by atoms with E-state index in [4.69, 9.17) is 23.2 Å². The monoisotopic (exact) mass is 347 g/mol. The highest BCUT2D eigenvalue weighted by molar-refractivity contribution is 6.40. The summed E-state index contributed by atoms with van der Waals surface area (Å²) in [5.41, 5.74) is 1.38. The molecule has 0 atom stereocenters. The van der Waals surface area contributed by atoms with Crippen molar-refractivity contribution in [3.05, 3.63) is 68.8 Å². The summed E-state index contributed by atoms with van der Waals surface area (Å²) in [5, 5.41) is 4.90. The van der Waals surface area contributed by atoms with Crippen molar-refractivity contribution in [3.63, 3.8) is 0 Å². The first-order valence-corrected chi connectivity index (χ1v) is 7.44. The van der Waals surface area contributed by atoms with Gasteiger partial charge in [-0.25, -0.2) is 9.07 Å². The molecule has 0 radical (unpaired) electrons. The second-order valence-corrected chi connectivity index (χ2v) is 5.90. The van der Waals surface area contributed by atoms with Crippen LogP contribution in [0, 0.1) is 5.82 Å². The molecule has 0 saturated heterocycles. The number of aromatic amines is 1. The average Bonchev–Trinajstić information content (AvgIpc) is 2.84. The standard InChI is InChI=1S/C16H8Cl2FN3O/c17-8-5-12(18)14-13(6-8)20-7-11-15(14)21-22(16(11)23)10-3-1-9(19)2-4-10/h1-7,21H. The van der Waals surface area contributed by atoms with Crippen molar-refractivity contribution in [2.45, 2.75) is 0 Å². The molecule has 0 unspecified atom stereocenters. The lowest BCUT2D eigenvalue weighted by molar-refractivity contribution is 0.627. The van der Waals surface area contributed by atoms with E-state index in [0.29, 0.717) is 37.5 Å². The van der Waals surface area contributed by atoms with E-state index in [1.807, 2.05) is 0 Å². The molecule has 0 aliphatic rings. The third-order valence-corrected chi connectivity index (χ3v) is 4.14. The van der Waals surface area contributed by atoms with Crippen LogP contribution in [0.5, 0.6) is 0 Å². The Bertz CT molecular complexity index is 1120. The molecular weight excluding hydrogens is 340 g/mol. The smallest absolute Gasteiger partial charge is 0.280 e. The molecule has 1 N–H and O–H groups in total. The molecule has 4 nitrogen and oxygen atoms in total. The Labute approximate surface area is 139 Å². The van der Waals surface area contributed by atoms with Gasteiger partial charge in [0, 0.05) is 16.6 Å². The number of aromatic nitrogens is 3. The molecule has 4 aromatic rings. The van der Waals surface area contributed by atoms with E-state index in [1.165, 1.54) is 35.1 Å². The predicted molar refractivity (Wildman–Crippen MR) is 89.2 cm³/mol. The van der Waals surface area contributed by atoms with Crippen LogP contribution in [0.1, 0.15) is 0 Å². The summed E-state index contributed by atoms with van der Waals surface area (Å²) < 4.78 is 14.4. The molecule has 4 rings (SSSR count).